The van der Waals surface area contributed by atoms with E-state index in [2.05, 4.69) is 10.6 Å². The summed E-state index contributed by atoms with van der Waals surface area (Å²) in [4.78, 5) is 5.16. The highest BCUT2D eigenvalue weighted by Crippen LogP contribution is 2.30. The van der Waals surface area contributed by atoms with Crippen molar-refractivity contribution in [3.8, 4) is 0 Å². The third-order valence-electron chi connectivity index (χ3n) is 6.20. The van der Waals surface area contributed by atoms with Gasteiger partial charge in [-0.25, -0.2) is 8.42 Å². The molecule has 31 heavy (non-hydrogen) atoms. The highest BCUT2D eigenvalue weighted by Gasteiger charge is 2.43. The first kappa shape index (κ1) is 22.3. The summed E-state index contributed by atoms with van der Waals surface area (Å²) in [5.41, 5.74) is 2.68. The smallest absolute Gasteiger partial charge is 0.243 e. The summed E-state index contributed by atoms with van der Waals surface area (Å²) >= 11 is 5.98. The molecule has 1 fully saturated rings. The van der Waals surface area contributed by atoms with Crippen LogP contribution in [0.4, 0.5) is 0 Å². The average molecular weight is 461 g/mol. The molecule has 2 N–H and O–H groups in total. The minimum Gasteiger partial charge on any atom is -0.368 e. The number of benzene rings is 2. The average Bonchev–Trinajstić information content (AvgIpc) is 2.74. The fraction of sp³-hybridized carbons (Fsp3) is 0.435. The van der Waals surface area contributed by atoms with Gasteiger partial charge in [-0.3, -0.25) is 4.99 Å². The molecule has 0 aromatic heterocycles. The van der Waals surface area contributed by atoms with Gasteiger partial charge in [-0.1, -0.05) is 41.4 Å². The standard InChI is InChI=1S/C23H29ClN4O2S/c1-17-3-8-21(18(2)15-17)31(29,30)28-13-9-23(10-14-28)22(25-11-12-27-23)26-16-19-4-6-20(24)7-5-19/h3-8,15,27H,9-14,16H2,1-2H3,(H,25,26). The minimum atomic E-state index is -3.51. The Morgan fingerprint density at radius 2 is 1.84 bits per heavy atom. The van der Waals surface area contributed by atoms with E-state index in [1.165, 1.54) is 0 Å². The minimum absolute atomic E-state index is 0.307. The van der Waals surface area contributed by atoms with Gasteiger partial charge in [-0.05, 0) is 56.0 Å². The van der Waals surface area contributed by atoms with Gasteiger partial charge in [0.05, 0.1) is 17.0 Å². The van der Waals surface area contributed by atoms with Gasteiger partial charge in [0.25, 0.3) is 0 Å². The van der Waals surface area contributed by atoms with Crippen LogP contribution in [0, 0.1) is 13.8 Å². The Bertz CT molecular complexity index is 1080. The molecule has 0 saturated carbocycles. The zero-order valence-corrected chi connectivity index (χ0v) is 19.6. The molecule has 0 aliphatic carbocycles. The maximum atomic E-state index is 13.3. The van der Waals surface area contributed by atoms with Gasteiger partial charge in [0, 0.05) is 31.2 Å². The van der Waals surface area contributed by atoms with Crippen LogP contribution in [0.25, 0.3) is 0 Å². The molecule has 0 radical (unpaired) electrons. The number of amidine groups is 1. The molecule has 6 nitrogen and oxygen atoms in total. The van der Waals surface area contributed by atoms with Gasteiger partial charge in [0.1, 0.15) is 5.84 Å². The topological polar surface area (TPSA) is 73.8 Å². The number of rotatable bonds is 4. The number of hydrogen-bond donors (Lipinski definition) is 2. The largest absolute Gasteiger partial charge is 0.368 e. The van der Waals surface area contributed by atoms with Gasteiger partial charge in [-0.15, -0.1) is 0 Å². The Hall–Kier alpha value is -1.93. The van der Waals surface area contributed by atoms with Crippen molar-refractivity contribution in [2.24, 2.45) is 4.99 Å². The van der Waals surface area contributed by atoms with Crippen LogP contribution in [-0.4, -0.2) is 50.3 Å². The Morgan fingerprint density at radius 3 is 2.52 bits per heavy atom. The van der Waals surface area contributed by atoms with Crippen molar-refractivity contribution in [1.29, 1.82) is 0 Å². The lowest BCUT2D eigenvalue weighted by Crippen LogP contribution is -2.64. The third kappa shape index (κ3) is 4.65. The zero-order chi connectivity index (χ0) is 22.1. The first-order chi connectivity index (χ1) is 14.8. The molecule has 1 spiro atoms. The molecule has 2 aromatic rings. The summed E-state index contributed by atoms with van der Waals surface area (Å²) in [6.45, 7) is 6.93. The van der Waals surface area contributed by atoms with Crippen LogP contribution >= 0.6 is 11.6 Å². The molecule has 4 rings (SSSR count). The summed E-state index contributed by atoms with van der Waals surface area (Å²) in [7, 11) is -3.51. The van der Waals surface area contributed by atoms with Gasteiger partial charge in [0.2, 0.25) is 10.0 Å². The van der Waals surface area contributed by atoms with Crippen LogP contribution in [0.2, 0.25) is 5.02 Å². The molecule has 0 bridgehead atoms. The monoisotopic (exact) mass is 460 g/mol. The van der Waals surface area contributed by atoms with Crippen molar-refractivity contribution in [2.45, 2.75) is 43.7 Å². The molecule has 8 heteroatoms. The molecule has 1 saturated heterocycles. The van der Waals surface area contributed by atoms with Gasteiger partial charge in [0.15, 0.2) is 0 Å². The summed E-state index contributed by atoms with van der Waals surface area (Å²) < 4.78 is 28.1. The Kier molecular flexibility index (Phi) is 6.40. The second-order valence-corrected chi connectivity index (χ2v) is 10.7. The summed E-state index contributed by atoms with van der Waals surface area (Å²) in [6, 6.07) is 13.3. The molecule has 2 aromatic carbocycles. The first-order valence-corrected chi connectivity index (χ1v) is 12.5. The highest BCUT2D eigenvalue weighted by atomic mass is 35.5. The first-order valence-electron chi connectivity index (χ1n) is 10.7. The van der Waals surface area contributed by atoms with Crippen molar-refractivity contribution in [3.05, 3.63) is 64.2 Å². The maximum absolute atomic E-state index is 13.3. The second kappa shape index (κ2) is 8.90. The van der Waals surface area contributed by atoms with Crippen LogP contribution in [0.3, 0.4) is 0 Å². The van der Waals surface area contributed by atoms with Crippen molar-refractivity contribution in [2.75, 3.05) is 26.2 Å². The van der Waals surface area contributed by atoms with Gasteiger partial charge >= 0.3 is 0 Å². The van der Waals surface area contributed by atoms with Gasteiger partial charge < -0.3 is 10.6 Å². The number of aliphatic imine (C=N–C) groups is 1. The van der Waals surface area contributed by atoms with E-state index >= 15 is 0 Å². The van der Waals surface area contributed by atoms with Gasteiger partial charge in [-0.2, -0.15) is 4.31 Å². The van der Waals surface area contributed by atoms with Crippen LogP contribution in [0.15, 0.2) is 52.4 Å². The lowest BCUT2D eigenvalue weighted by Gasteiger charge is -2.44. The predicted molar refractivity (Wildman–Crippen MR) is 125 cm³/mol. The molecule has 2 aliphatic rings. The van der Waals surface area contributed by atoms with Crippen molar-refractivity contribution >= 4 is 27.5 Å². The van der Waals surface area contributed by atoms with E-state index in [1.54, 1.807) is 10.4 Å². The van der Waals surface area contributed by atoms with Crippen LogP contribution < -0.4 is 10.6 Å². The molecule has 166 valence electrons. The number of piperidine rings is 1. The lowest BCUT2D eigenvalue weighted by atomic mass is 9.85. The number of sulfonamides is 1. The molecule has 2 heterocycles. The Balaban J connectivity index is 1.46. The quantitative estimate of drug-likeness (QED) is 0.734. The SMILES string of the molecule is Cc1ccc(S(=O)(=O)N2CCC3(CC2)NCCN=C3NCc2ccc(Cl)cc2)c(C)c1. The fourth-order valence-corrected chi connectivity index (χ4v) is 6.23. The Morgan fingerprint density at radius 1 is 1.13 bits per heavy atom. The number of halogens is 1. The van der Waals surface area contributed by atoms with Crippen LogP contribution in [-0.2, 0) is 16.6 Å². The van der Waals surface area contributed by atoms with Crippen LogP contribution in [0.5, 0.6) is 0 Å². The molecular formula is C23H29ClN4O2S. The Labute approximate surface area is 189 Å². The number of nitrogens with one attached hydrogen (secondary N) is 2. The molecular weight excluding hydrogens is 432 g/mol. The third-order valence-corrected chi connectivity index (χ3v) is 8.51. The maximum Gasteiger partial charge on any atom is 0.243 e. The van der Waals surface area contributed by atoms with Crippen molar-refractivity contribution < 1.29 is 8.42 Å². The van der Waals surface area contributed by atoms with Crippen molar-refractivity contribution in [1.82, 2.24) is 14.9 Å². The fourth-order valence-electron chi connectivity index (χ4n) is 4.46. The molecule has 0 unspecified atom stereocenters. The zero-order valence-electron chi connectivity index (χ0n) is 18.0. The molecule has 2 aliphatic heterocycles. The highest BCUT2D eigenvalue weighted by molar-refractivity contribution is 7.89. The second-order valence-electron chi connectivity index (χ2n) is 8.39. The summed E-state index contributed by atoms with van der Waals surface area (Å²) in [5, 5.41) is 7.84. The lowest BCUT2D eigenvalue weighted by molar-refractivity contribution is 0.241. The van der Waals surface area contributed by atoms with E-state index in [4.69, 9.17) is 16.6 Å². The van der Waals surface area contributed by atoms with E-state index in [0.717, 1.165) is 35.6 Å². The number of nitrogens with zero attached hydrogens (tertiary/aromatic N) is 2. The van der Waals surface area contributed by atoms with Crippen molar-refractivity contribution in [3.63, 3.8) is 0 Å². The van der Waals surface area contributed by atoms with E-state index < -0.39 is 10.0 Å². The molecule has 0 amide bonds. The van der Waals surface area contributed by atoms with Crippen LogP contribution in [0.1, 0.15) is 29.5 Å². The summed E-state index contributed by atoms with van der Waals surface area (Å²) in [5.74, 6) is 0.928. The normalized spacial score (nSPS) is 19.3. The van der Waals surface area contributed by atoms with E-state index in [1.807, 2.05) is 50.2 Å². The number of hydrogen-bond acceptors (Lipinski definition) is 5. The van der Waals surface area contributed by atoms with E-state index in [9.17, 15) is 8.42 Å². The molecule has 0 atom stereocenters. The number of aryl methyl sites for hydroxylation is 2. The predicted octanol–water partition coefficient (Wildman–Crippen LogP) is 3.27. The summed E-state index contributed by atoms with van der Waals surface area (Å²) in [6.07, 6.45) is 1.37. The van der Waals surface area contributed by atoms with E-state index in [-0.39, 0.29) is 5.54 Å². The van der Waals surface area contributed by atoms with E-state index in [0.29, 0.717) is 42.4 Å².